The Balaban J connectivity index is 1.88. The van der Waals surface area contributed by atoms with Gasteiger partial charge < -0.3 is 4.42 Å². The third-order valence-corrected chi connectivity index (χ3v) is 4.32. The maximum Gasteiger partial charge on any atom is 0.228 e. The summed E-state index contributed by atoms with van der Waals surface area (Å²) in [6, 6.07) is 19.7. The lowest BCUT2D eigenvalue weighted by Crippen LogP contribution is -1.98. The zero-order valence-electron chi connectivity index (χ0n) is 13.1. The second kappa shape index (κ2) is 5.10. The average molecular weight is 300 g/mol. The molecule has 2 aliphatic carbocycles. The monoisotopic (exact) mass is 300 g/mol. The quantitative estimate of drug-likeness (QED) is 0.465. The van der Waals surface area contributed by atoms with Crippen molar-refractivity contribution in [3.8, 4) is 11.1 Å². The first-order valence-electron chi connectivity index (χ1n) is 7.67. The third kappa shape index (κ3) is 2.15. The van der Waals surface area contributed by atoms with Crippen molar-refractivity contribution in [1.82, 2.24) is 0 Å². The highest BCUT2D eigenvalue weighted by atomic mass is 16.3. The molecule has 0 atom stereocenters. The molecule has 1 heterocycles. The minimum Gasteiger partial charge on any atom is -0.452 e. The van der Waals surface area contributed by atoms with Gasteiger partial charge in [-0.1, -0.05) is 48.5 Å². The van der Waals surface area contributed by atoms with Crippen LogP contribution >= 0.6 is 0 Å². The van der Waals surface area contributed by atoms with Crippen molar-refractivity contribution in [3.05, 3.63) is 83.1 Å². The van der Waals surface area contributed by atoms with E-state index >= 15 is 0 Å². The summed E-state index contributed by atoms with van der Waals surface area (Å²) in [5.74, 6) is 0.331. The molecule has 23 heavy (non-hydrogen) atoms. The van der Waals surface area contributed by atoms with Crippen molar-refractivity contribution in [3.63, 3.8) is 0 Å². The standard InChI is InChI=1S/C21H16O2/c1-13-7-6-8-15-12-19(23-21(13)15)20(22)18-11-14(2)16-9-4-3-5-10-17(16)18/h3-12H,1-2H3. The summed E-state index contributed by atoms with van der Waals surface area (Å²) in [5.41, 5.74) is 5.70. The van der Waals surface area contributed by atoms with E-state index in [1.807, 2.05) is 74.5 Å². The molecule has 2 heteroatoms. The van der Waals surface area contributed by atoms with E-state index < -0.39 is 0 Å². The van der Waals surface area contributed by atoms with E-state index in [1.54, 1.807) is 0 Å². The van der Waals surface area contributed by atoms with Gasteiger partial charge in [-0.2, -0.15) is 0 Å². The van der Waals surface area contributed by atoms with Crippen LogP contribution in [-0.2, 0) is 0 Å². The van der Waals surface area contributed by atoms with Gasteiger partial charge in [0.05, 0.1) is 0 Å². The molecule has 4 rings (SSSR count). The molecule has 0 radical (unpaired) electrons. The fourth-order valence-electron chi connectivity index (χ4n) is 3.14. The lowest BCUT2D eigenvalue weighted by atomic mass is 10.0. The SMILES string of the molecule is Cc1cc(C(=O)c2cc3cccc(C)c3o2)c2cccccc1-2. The molecule has 0 spiro atoms. The van der Waals surface area contributed by atoms with Crippen molar-refractivity contribution >= 4 is 16.8 Å². The molecule has 2 aliphatic rings. The Morgan fingerprint density at radius 3 is 2.39 bits per heavy atom. The minimum atomic E-state index is -0.0649. The molecule has 0 N–H and O–H groups in total. The van der Waals surface area contributed by atoms with Gasteiger partial charge in [0.25, 0.3) is 0 Å². The van der Waals surface area contributed by atoms with Crippen LogP contribution in [0, 0.1) is 13.8 Å². The normalized spacial score (nSPS) is 11.2. The zero-order valence-corrected chi connectivity index (χ0v) is 13.1. The maximum absolute atomic E-state index is 13.0. The summed E-state index contributed by atoms with van der Waals surface area (Å²) >= 11 is 0. The molecule has 0 aliphatic heterocycles. The number of hydrogen-bond donors (Lipinski definition) is 0. The number of ketones is 1. The first-order chi connectivity index (χ1) is 11.1. The van der Waals surface area contributed by atoms with Gasteiger partial charge in [0, 0.05) is 10.9 Å². The van der Waals surface area contributed by atoms with Crippen molar-refractivity contribution < 1.29 is 9.21 Å². The van der Waals surface area contributed by atoms with E-state index in [2.05, 4.69) is 0 Å². The van der Waals surface area contributed by atoms with Gasteiger partial charge in [-0.25, -0.2) is 0 Å². The van der Waals surface area contributed by atoms with E-state index in [9.17, 15) is 4.79 Å². The van der Waals surface area contributed by atoms with Crippen LogP contribution in [0.5, 0.6) is 0 Å². The topological polar surface area (TPSA) is 30.2 Å². The van der Waals surface area contributed by atoms with Gasteiger partial charge in [0.15, 0.2) is 5.76 Å². The average Bonchev–Trinajstić information content (AvgIpc) is 3.01. The Labute approximate surface area is 134 Å². The number of carbonyl (C=O) groups excluding carboxylic acids is 1. The summed E-state index contributed by atoms with van der Waals surface area (Å²) in [7, 11) is 0. The number of hydrogen-bond acceptors (Lipinski definition) is 2. The number of rotatable bonds is 2. The Morgan fingerprint density at radius 1 is 0.826 bits per heavy atom. The summed E-state index contributed by atoms with van der Waals surface area (Å²) in [6.45, 7) is 4.02. The van der Waals surface area contributed by atoms with E-state index in [0.29, 0.717) is 11.3 Å². The fraction of sp³-hybridized carbons (Fsp3) is 0.0952. The molecule has 2 nitrogen and oxygen atoms in total. The molecule has 0 fully saturated rings. The lowest BCUT2D eigenvalue weighted by Gasteiger charge is -1.99. The van der Waals surface area contributed by atoms with Gasteiger partial charge in [-0.15, -0.1) is 0 Å². The van der Waals surface area contributed by atoms with Crippen molar-refractivity contribution in [1.29, 1.82) is 0 Å². The van der Waals surface area contributed by atoms with Crippen LogP contribution < -0.4 is 0 Å². The van der Waals surface area contributed by atoms with Gasteiger partial charge in [0.2, 0.25) is 5.78 Å². The zero-order chi connectivity index (χ0) is 16.0. The Kier molecular flexibility index (Phi) is 3.05. The Bertz CT molecular complexity index is 1010. The maximum atomic E-state index is 13.0. The molecule has 1 aromatic heterocycles. The van der Waals surface area contributed by atoms with Gasteiger partial charge >= 0.3 is 0 Å². The molecule has 112 valence electrons. The highest BCUT2D eigenvalue weighted by molar-refractivity contribution is 6.14. The van der Waals surface area contributed by atoms with Crippen LogP contribution in [-0.4, -0.2) is 5.78 Å². The highest BCUT2D eigenvalue weighted by Gasteiger charge is 2.22. The summed E-state index contributed by atoms with van der Waals surface area (Å²) < 4.78 is 5.85. The second-order valence-electron chi connectivity index (χ2n) is 5.91. The van der Waals surface area contributed by atoms with Crippen LogP contribution in [0.1, 0.15) is 27.2 Å². The summed E-state index contributed by atoms with van der Waals surface area (Å²) in [4.78, 5) is 13.0. The van der Waals surface area contributed by atoms with Gasteiger partial charge in [-0.3, -0.25) is 4.79 Å². The smallest absolute Gasteiger partial charge is 0.228 e. The first-order valence-corrected chi connectivity index (χ1v) is 7.67. The number of furan rings is 1. The van der Waals surface area contributed by atoms with Crippen molar-refractivity contribution in [2.24, 2.45) is 0 Å². The number of aryl methyl sites for hydroxylation is 2. The van der Waals surface area contributed by atoms with E-state index in [0.717, 1.165) is 33.2 Å². The fourth-order valence-corrected chi connectivity index (χ4v) is 3.14. The molecule has 0 bridgehead atoms. The Hall–Kier alpha value is -2.87. The highest BCUT2D eigenvalue weighted by Crippen LogP contribution is 2.34. The molecule has 0 saturated carbocycles. The van der Waals surface area contributed by atoms with Crippen LogP contribution in [0.4, 0.5) is 0 Å². The van der Waals surface area contributed by atoms with E-state index in [4.69, 9.17) is 4.42 Å². The van der Waals surface area contributed by atoms with E-state index in [1.165, 1.54) is 0 Å². The van der Waals surface area contributed by atoms with E-state index in [-0.39, 0.29) is 5.78 Å². The lowest BCUT2D eigenvalue weighted by molar-refractivity contribution is 0.101. The Morgan fingerprint density at radius 2 is 1.61 bits per heavy atom. The molecular formula is C21H16O2. The number of carbonyl (C=O) groups is 1. The predicted molar refractivity (Wildman–Crippen MR) is 92.2 cm³/mol. The minimum absolute atomic E-state index is 0.0649. The van der Waals surface area contributed by atoms with Crippen molar-refractivity contribution in [2.75, 3.05) is 0 Å². The summed E-state index contributed by atoms with van der Waals surface area (Å²) in [5, 5.41) is 0.964. The van der Waals surface area contributed by atoms with Gasteiger partial charge in [0.1, 0.15) is 5.58 Å². The second-order valence-corrected chi connectivity index (χ2v) is 5.91. The number of fused-ring (bicyclic) bond motifs is 2. The number of para-hydroxylation sites is 1. The molecule has 0 saturated heterocycles. The van der Waals surface area contributed by atoms with Crippen LogP contribution in [0.2, 0.25) is 0 Å². The first kappa shape index (κ1) is 13.8. The van der Waals surface area contributed by atoms with Gasteiger partial charge in [-0.05, 0) is 48.2 Å². The van der Waals surface area contributed by atoms with Crippen molar-refractivity contribution in [2.45, 2.75) is 13.8 Å². The number of benzene rings is 1. The molecular weight excluding hydrogens is 284 g/mol. The molecule has 1 aromatic carbocycles. The summed E-state index contributed by atoms with van der Waals surface area (Å²) in [6.07, 6.45) is 0. The van der Waals surface area contributed by atoms with Crippen LogP contribution in [0.15, 0.2) is 65.1 Å². The molecule has 0 amide bonds. The predicted octanol–water partition coefficient (Wildman–Crippen LogP) is 5.39. The molecule has 2 aromatic rings. The largest absolute Gasteiger partial charge is 0.452 e. The molecule has 0 unspecified atom stereocenters. The van der Waals surface area contributed by atoms with Crippen LogP contribution in [0.3, 0.4) is 0 Å². The van der Waals surface area contributed by atoms with Crippen LogP contribution in [0.25, 0.3) is 22.1 Å². The third-order valence-electron chi connectivity index (χ3n) is 4.32.